The first kappa shape index (κ1) is 30.9. The van der Waals surface area contributed by atoms with E-state index in [9.17, 15) is 9.59 Å². The number of nitrogens with zero attached hydrogens (tertiary/aromatic N) is 4. The number of halogens is 1. The standard InChI is InChI=1S/C38H30BrN5O4/c1-23-8-11-29(12-9-23)41-36(45)22-47-31-15-13-30(14-16-31)43-24(2)18-27(25(43)3)21-40-44-37(42-33-7-5-4-6-32(33)38(44)46)35-20-26-19-28(39)10-17-34(26)48-35/h4-21H,22H2,1-3H3,(H,41,45). The summed E-state index contributed by atoms with van der Waals surface area (Å²) in [5.74, 6) is 1.08. The number of carbonyl (C=O) groups is 1. The van der Waals surface area contributed by atoms with Crippen molar-refractivity contribution in [1.29, 1.82) is 0 Å². The molecule has 4 aromatic carbocycles. The van der Waals surface area contributed by atoms with E-state index in [1.807, 2.05) is 112 Å². The average molecular weight is 701 g/mol. The van der Waals surface area contributed by atoms with Crippen molar-refractivity contribution in [2.24, 2.45) is 5.10 Å². The summed E-state index contributed by atoms with van der Waals surface area (Å²) in [4.78, 5) is 30.9. The summed E-state index contributed by atoms with van der Waals surface area (Å²) in [5, 5.41) is 8.84. The first-order chi connectivity index (χ1) is 23.2. The maximum absolute atomic E-state index is 13.7. The zero-order valence-electron chi connectivity index (χ0n) is 26.4. The Labute approximate surface area is 284 Å². The number of fused-ring (bicyclic) bond motifs is 2. The van der Waals surface area contributed by atoms with Gasteiger partial charge in [0, 0.05) is 38.2 Å². The van der Waals surface area contributed by atoms with Crippen LogP contribution in [0.3, 0.4) is 0 Å². The molecule has 0 aliphatic rings. The minimum Gasteiger partial charge on any atom is -0.484 e. The number of nitrogens with one attached hydrogen (secondary N) is 1. The van der Waals surface area contributed by atoms with E-state index >= 15 is 0 Å². The second-order valence-corrected chi connectivity index (χ2v) is 12.4. The molecule has 0 aliphatic carbocycles. The minimum atomic E-state index is -0.301. The molecule has 1 amide bonds. The van der Waals surface area contributed by atoms with Gasteiger partial charge < -0.3 is 19.0 Å². The Hall–Kier alpha value is -5.74. The third-order valence-corrected chi connectivity index (χ3v) is 8.53. The predicted octanol–water partition coefficient (Wildman–Crippen LogP) is 8.19. The lowest BCUT2D eigenvalue weighted by molar-refractivity contribution is -0.118. The topological polar surface area (TPSA) is 104 Å². The number of rotatable bonds is 8. The molecule has 0 fully saturated rings. The quantitative estimate of drug-likeness (QED) is 0.161. The lowest BCUT2D eigenvalue weighted by atomic mass is 10.2. The molecule has 0 atom stereocenters. The SMILES string of the molecule is Cc1ccc(NC(=O)COc2ccc(-n3c(C)cc(C=Nn4c(-c5cc6cc(Br)ccc6o5)nc5ccccc5c4=O)c3C)cc2)cc1. The molecule has 7 aromatic rings. The molecule has 0 radical (unpaired) electrons. The van der Waals surface area contributed by atoms with Crippen molar-refractivity contribution >= 4 is 55.6 Å². The highest BCUT2D eigenvalue weighted by Gasteiger charge is 2.17. The molecule has 3 aromatic heterocycles. The smallest absolute Gasteiger partial charge is 0.282 e. The van der Waals surface area contributed by atoms with Crippen molar-refractivity contribution in [3.05, 3.63) is 140 Å². The van der Waals surface area contributed by atoms with Gasteiger partial charge in [0.05, 0.1) is 17.1 Å². The van der Waals surface area contributed by atoms with Crippen LogP contribution in [-0.4, -0.2) is 33.0 Å². The molecular formula is C38H30BrN5O4. The normalized spacial score (nSPS) is 11.5. The van der Waals surface area contributed by atoms with Crippen LogP contribution in [0.4, 0.5) is 5.69 Å². The summed E-state index contributed by atoms with van der Waals surface area (Å²) in [6.45, 7) is 5.89. The van der Waals surface area contributed by atoms with Crippen LogP contribution in [0.25, 0.3) is 39.1 Å². The monoisotopic (exact) mass is 699 g/mol. The number of furan rings is 1. The van der Waals surface area contributed by atoms with Crippen molar-refractivity contribution in [3.8, 4) is 23.0 Å². The third kappa shape index (κ3) is 6.17. The molecule has 0 aliphatic heterocycles. The van der Waals surface area contributed by atoms with E-state index in [4.69, 9.17) is 14.1 Å². The molecule has 0 saturated heterocycles. The summed E-state index contributed by atoms with van der Waals surface area (Å²) >= 11 is 3.51. The molecule has 0 saturated carbocycles. The average Bonchev–Trinajstić information content (AvgIpc) is 3.63. The summed E-state index contributed by atoms with van der Waals surface area (Å²) in [6.07, 6.45) is 1.67. The van der Waals surface area contributed by atoms with Crippen LogP contribution in [0, 0.1) is 20.8 Å². The number of carbonyl (C=O) groups excluding carboxylic acids is 1. The van der Waals surface area contributed by atoms with E-state index < -0.39 is 0 Å². The highest BCUT2D eigenvalue weighted by atomic mass is 79.9. The summed E-state index contributed by atoms with van der Waals surface area (Å²) in [6, 6.07) is 31.9. The first-order valence-electron chi connectivity index (χ1n) is 15.3. The Morgan fingerprint density at radius 1 is 0.958 bits per heavy atom. The molecule has 1 N–H and O–H groups in total. The summed E-state index contributed by atoms with van der Waals surface area (Å²) < 4.78 is 16.2. The molecular weight excluding hydrogens is 670 g/mol. The molecule has 238 valence electrons. The Kier molecular flexibility index (Phi) is 8.24. The Balaban J connectivity index is 1.15. The Bertz CT molecular complexity index is 2400. The maximum Gasteiger partial charge on any atom is 0.282 e. The zero-order chi connectivity index (χ0) is 33.4. The van der Waals surface area contributed by atoms with Crippen molar-refractivity contribution in [1.82, 2.24) is 14.2 Å². The summed E-state index contributed by atoms with van der Waals surface area (Å²) in [5.41, 5.74) is 6.44. The number of ether oxygens (including phenoxy) is 1. The van der Waals surface area contributed by atoms with Crippen molar-refractivity contribution in [2.45, 2.75) is 20.8 Å². The molecule has 7 rings (SSSR count). The van der Waals surface area contributed by atoms with E-state index in [0.29, 0.717) is 33.8 Å². The number of amides is 1. The van der Waals surface area contributed by atoms with Crippen LogP contribution in [0.5, 0.6) is 5.75 Å². The number of para-hydroxylation sites is 1. The highest BCUT2D eigenvalue weighted by Crippen LogP contribution is 2.29. The van der Waals surface area contributed by atoms with Crippen LogP contribution in [0.2, 0.25) is 0 Å². The number of hydrogen-bond acceptors (Lipinski definition) is 6. The van der Waals surface area contributed by atoms with Crippen LogP contribution in [-0.2, 0) is 4.79 Å². The second-order valence-electron chi connectivity index (χ2n) is 11.5. The van der Waals surface area contributed by atoms with E-state index in [0.717, 1.165) is 43.7 Å². The predicted molar refractivity (Wildman–Crippen MR) is 192 cm³/mol. The van der Waals surface area contributed by atoms with Gasteiger partial charge in [0.15, 0.2) is 12.4 Å². The number of aryl methyl sites for hydroxylation is 2. The number of aromatic nitrogens is 3. The number of hydrogen-bond donors (Lipinski definition) is 1. The summed E-state index contributed by atoms with van der Waals surface area (Å²) in [7, 11) is 0. The fraction of sp³-hybridized carbons (Fsp3) is 0.105. The first-order valence-corrected chi connectivity index (χ1v) is 16.1. The van der Waals surface area contributed by atoms with Crippen LogP contribution in [0.1, 0.15) is 22.5 Å². The molecule has 48 heavy (non-hydrogen) atoms. The van der Waals surface area contributed by atoms with Gasteiger partial charge in [-0.15, -0.1) is 0 Å². The fourth-order valence-electron chi connectivity index (χ4n) is 5.62. The highest BCUT2D eigenvalue weighted by molar-refractivity contribution is 9.10. The van der Waals surface area contributed by atoms with Crippen molar-refractivity contribution in [2.75, 3.05) is 11.9 Å². The van der Waals surface area contributed by atoms with Crippen LogP contribution < -0.4 is 15.6 Å². The third-order valence-electron chi connectivity index (χ3n) is 8.04. The van der Waals surface area contributed by atoms with E-state index in [-0.39, 0.29) is 18.1 Å². The molecule has 0 unspecified atom stereocenters. The lowest BCUT2D eigenvalue weighted by Crippen LogP contribution is -2.20. The van der Waals surface area contributed by atoms with Gasteiger partial charge in [-0.05, 0) is 99.6 Å². The van der Waals surface area contributed by atoms with Crippen molar-refractivity contribution < 1.29 is 13.9 Å². The van der Waals surface area contributed by atoms with Crippen LogP contribution >= 0.6 is 15.9 Å². The minimum absolute atomic E-state index is 0.105. The molecule has 0 bridgehead atoms. The van der Waals surface area contributed by atoms with Crippen molar-refractivity contribution in [3.63, 3.8) is 0 Å². The van der Waals surface area contributed by atoms with Gasteiger partial charge in [0.2, 0.25) is 5.82 Å². The maximum atomic E-state index is 13.7. The van der Waals surface area contributed by atoms with Gasteiger partial charge in [-0.25, -0.2) is 4.98 Å². The van der Waals surface area contributed by atoms with Gasteiger partial charge in [-0.3, -0.25) is 9.59 Å². The zero-order valence-corrected chi connectivity index (χ0v) is 28.0. The Morgan fingerprint density at radius 3 is 2.52 bits per heavy atom. The lowest BCUT2D eigenvalue weighted by Gasteiger charge is -2.12. The largest absolute Gasteiger partial charge is 0.484 e. The molecule has 9 nitrogen and oxygen atoms in total. The second kappa shape index (κ2) is 12.8. The van der Waals surface area contributed by atoms with Gasteiger partial charge in [0.1, 0.15) is 11.3 Å². The van der Waals surface area contributed by atoms with Gasteiger partial charge in [-0.2, -0.15) is 9.78 Å². The van der Waals surface area contributed by atoms with Gasteiger partial charge >= 0.3 is 0 Å². The van der Waals surface area contributed by atoms with E-state index in [1.54, 1.807) is 18.3 Å². The van der Waals surface area contributed by atoms with Crippen LogP contribution in [0.15, 0.2) is 122 Å². The fourth-order valence-corrected chi connectivity index (χ4v) is 6.00. The molecule has 0 spiro atoms. The number of anilines is 1. The van der Waals surface area contributed by atoms with E-state index in [2.05, 4.69) is 30.9 Å². The Morgan fingerprint density at radius 2 is 1.73 bits per heavy atom. The van der Waals surface area contributed by atoms with Gasteiger partial charge in [-0.1, -0.05) is 45.8 Å². The van der Waals surface area contributed by atoms with E-state index in [1.165, 1.54) is 4.68 Å². The van der Waals surface area contributed by atoms with Gasteiger partial charge in [0.25, 0.3) is 11.5 Å². The molecule has 10 heteroatoms. The number of benzene rings is 4. The molecule has 3 heterocycles.